The van der Waals surface area contributed by atoms with Gasteiger partial charge in [0.1, 0.15) is 5.69 Å². The molecule has 23 heavy (non-hydrogen) atoms. The molecule has 6 heteroatoms. The van der Waals surface area contributed by atoms with E-state index in [1.54, 1.807) is 11.3 Å². The Morgan fingerprint density at radius 1 is 1.52 bits per heavy atom. The highest BCUT2D eigenvalue weighted by molar-refractivity contribution is 7.09. The van der Waals surface area contributed by atoms with Crippen LogP contribution in [0.3, 0.4) is 0 Å². The lowest BCUT2D eigenvalue weighted by Crippen LogP contribution is -2.44. The van der Waals surface area contributed by atoms with E-state index in [9.17, 15) is 4.79 Å². The highest BCUT2D eigenvalue weighted by Crippen LogP contribution is 2.26. The minimum absolute atomic E-state index is 0.00533. The number of carbonyl (C=O) groups excluding carboxylic acids is 1. The average molecular weight is 333 g/mol. The summed E-state index contributed by atoms with van der Waals surface area (Å²) in [5, 5.41) is 2.92. The predicted molar refractivity (Wildman–Crippen MR) is 90.7 cm³/mol. The van der Waals surface area contributed by atoms with Gasteiger partial charge >= 0.3 is 0 Å². The van der Waals surface area contributed by atoms with Crippen molar-refractivity contribution in [1.29, 1.82) is 0 Å². The molecule has 3 rings (SSSR count). The Labute approximate surface area is 140 Å². The number of hydrogen-bond donors (Lipinski definition) is 0. The fraction of sp³-hybridized carbons (Fsp3) is 0.529. The van der Waals surface area contributed by atoms with Gasteiger partial charge in [-0.3, -0.25) is 4.79 Å². The first kappa shape index (κ1) is 16.2. The van der Waals surface area contributed by atoms with E-state index in [0.29, 0.717) is 31.4 Å². The Bertz CT molecular complexity index is 677. The fourth-order valence-corrected chi connectivity index (χ4v) is 3.89. The molecule has 5 nitrogen and oxygen atoms in total. The lowest BCUT2D eigenvalue weighted by Gasteiger charge is -2.35. The molecule has 0 aliphatic carbocycles. The second-order valence-electron chi connectivity index (χ2n) is 6.36. The lowest BCUT2D eigenvalue weighted by molar-refractivity contribution is -0.00490. The number of morpholine rings is 1. The van der Waals surface area contributed by atoms with Crippen LogP contribution in [0.1, 0.15) is 41.1 Å². The monoisotopic (exact) mass is 333 g/mol. The maximum Gasteiger partial charge on any atom is 0.274 e. The molecule has 124 valence electrons. The van der Waals surface area contributed by atoms with E-state index in [2.05, 4.69) is 18.8 Å². The summed E-state index contributed by atoms with van der Waals surface area (Å²) in [5.41, 5.74) is 1.66. The van der Waals surface area contributed by atoms with E-state index < -0.39 is 0 Å². The summed E-state index contributed by atoms with van der Waals surface area (Å²) in [7, 11) is 2.00. The summed E-state index contributed by atoms with van der Waals surface area (Å²) in [6, 6.07) is 3.99. The van der Waals surface area contributed by atoms with E-state index in [4.69, 9.17) is 4.74 Å². The molecule has 0 saturated carbocycles. The van der Waals surface area contributed by atoms with Crippen molar-refractivity contribution < 1.29 is 9.53 Å². The fourth-order valence-electron chi connectivity index (χ4n) is 2.91. The summed E-state index contributed by atoms with van der Waals surface area (Å²) >= 11 is 1.58. The minimum atomic E-state index is -0.0495. The van der Waals surface area contributed by atoms with Gasteiger partial charge in [-0.2, -0.15) is 0 Å². The standard InChI is InChI=1S/C17H23N3O2S/c1-12(2)9-16-18-13(11-23-16)17(21)20-7-8-22-10-15(20)14-5-4-6-19(14)3/h4-6,11-12,15H,7-10H2,1-3H3/t15-/m0/s1. The number of hydrogen-bond acceptors (Lipinski definition) is 4. The molecule has 2 aromatic rings. The summed E-state index contributed by atoms with van der Waals surface area (Å²) in [4.78, 5) is 19.4. The van der Waals surface area contributed by atoms with Crippen LogP contribution < -0.4 is 0 Å². The number of rotatable bonds is 4. The number of thiazole rings is 1. The zero-order chi connectivity index (χ0) is 16.4. The van der Waals surface area contributed by atoms with Crippen LogP contribution in [-0.2, 0) is 18.2 Å². The normalized spacial score (nSPS) is 18.6. The number of carbonyl (C=O) groups is 1. The third kappa shape index (κ3) is 3.48. The molecule has 0 N–H and O–H groups in total. The molecule has 2 aromatic heterocycles. The molecule has 1 aliphatic rings. The van der Waals surface area contributed by atoms with Crippen molar-refractivity contribution >= 4 is 17.2 Å². The molecule has 1 saturated heterocycles. The van der Waals surface area contributed by atoms with Gasteiger partial charge in [-0.05, 0) is 18.1 Å². The first-order valence-corrected chi connectivity index (χ1v) is 8.88. The maximum absolute atomic E-state index is 12.9. The largest absolute Gasteiger partial charge is 0.377 e. The molecular formula is C17H23N3O2S. The van der Waals surface area contributed by atoms with Crippen molar-refractivity contribution in [3.05, 3.63) is 40.1 Å². The van der Waals surface area contributed by atoms with Crippen LogP contribution in [0.2, 0.25) is 0 Å². The van der Waals surface area contributed by atoms with Crippen molar-refractivity contribution in [3.63, 3.8) is 0 Å². The predicted octanol–water partition coefficient (Wildman–Crippen LogP) is 2.89. The third-order valence-electron chi connectivity index (χ3n) is 4.07. The maximum atomic E-state index is 12.9. The van der Waals surface area contributed by atoms with Crippen molar-refractivity contribution in [2.45, 2.75) is 26.3 Å². The van der Waals surface area contributed by atoms with Gasteiger partial charge in [-0.1, -0.05) is 13.8 Å². The van der Waals surface area contributed by atoms with Crippen LogP contribution in [0.25, 0.3) is 0 Å². The molecular weight excluding hydrogens is 310 g/mol. The first-order valence-electron chi connectivity index (χ1n) is 8.00. The molecule has 1 amide bonds. The number of aromatic nitrogens is 2. The molecule has 3 heterocycles. The van der Waals surface area contributed by atoms with Gasteiger partial charge in [0, 0.05) is 37.3 Å². The molecule has 0 unspecified atom stereocenters. The van der Waals surface area contributed by atoms with Crippen LogP contribution in [-0.4, -0.2) is 40.1 Å². The van der Waals surface area contributed by atoms with Gasteiger partial charge in [0.05, 0.1) is 24.3 Å². The molecule has 0 aromatic carbocycles. The number of amides is 1. The zero-order valence-corrected chi connectivity index (χ0v) is 14.7. The summed E-state index contributed by atoms with van der Waals surface area (Å²) in [6.45, 7) is 6.04. The van der Waals surface area contributed by atoms with Crippen LogP contribution in [0, 0.1) is 5.92 Å². The van der Waals surface area contributed by atoms with Crippen LogP contribution in [0.4, 0.5) is 0 Å². The van der Waals surface area contributed by atoms with Crippen molar-refractivity contribution in [2.75, 3.05) is 19.8 Å². The van der Waals surface area contributed by atoms with Crippen molar-refractivity contribution in [2.24, 2.45) is 13.0 Å². The van der Waals surface area contributed by atoms with Crippen LogP contribution in [0.15, 0.2) is 23.7 Å². The van der Waals surface area contributed by atoms with E-state index in [1.165, 1.54) is 0 Å². The Morgan fingerprint density at radius 2 is 2.35 bits per heavy atom. The molecule has 1 aliphatic heterocycles. The van der Waals surface area contributed by atoms with E-state index >= 15 is 0 Å². The summed E-state index contributed by atoms with van der Waals surface area (Å²) in [5.74, 6) is 0.550. The summed E-state index contributed by atoms with van der Waals surface area (Å²) < 4.78 is 7.66. The topological polar surface area (TPSA) is 47.4 Å². The SMILES string of the molecule is CC(C)Cc1nc(C(=O)N2CCOC[C@H]2c2cccn2C)cs1. The number of nitrogens with zero attached hydrogens (tertiary/aromatic N) is 3. The van der Waals surface area contributed by atoms with Gasteiger partial charge in [0.15, 0.2) is 0 Å². The average Bonchev–Trinajstić information content (AvgIpc) is 3.15. The van der Waals surface area contributed by atoms with Gasteiger partial charge in [-0.25, -0.2) is 4.98 Å². The van der Waals surface area contributed by atoms with Gasteiger partial charge in [-0.15, -0.1) is 11.3 Å². The van der Waals surface area contributed by atoms with E-state index in [-0.39, 0.29) is 11.9 Å². The second kappa shape index (κ2) is 6.84. The Kier molecular flexibility index (Phi) is 4.82. The van der Waals surface area contributed by atoms with E-state index in [1.807, 2.05) is 40.2 Å². The van der Waals surface area contributed by atoms with Crippen LogP contribution in [0.5, 0.6) is 0 Å². The Balaban J connectivity index is 1.81. The molecule has 0 bridgehead atoms. The van der Waals surface area contributed by atoms with Gasteiger partial charge < -0.3 is 14.2 Å². The van der Waals surface area contributed by atoms with Crippen LogP contribution >= 0.6 is 11.3 Å². The van der Waals surface area contributed by atoms with Crippen molar-refractivity contribution in [3.8, 4) is 0 Å². The van der Waals surface area contributed by atoms with Gasteiger partial charge in [0.25, 0.3) is 5.91 Å². The highest BCUT2D eigenvalue weighted by Gasteiger charge is 2.31. The lowest BCUT2D eigenvalue weighted by atomic mass is 10.1. The summed E-state index contributed by atoms with van der Waals surface area (Å²) in [6.07, 6.45) is 2.92. The zero-order valence-electron chi connectivity index (χ0n) is 13.9. The highest BCUT2D eigenvalue weighted by atomic mass is 32.1. The smallest absolute Gasteiger partial charge is 0.274 e. The Morgan fingerprint density at radius 3 is 3.04 bits per heavy atom. The quantitative estimate of drug-likeness (QED) is 0.864. The molecule has 1 atom stereocenters. The van der Waals surface area contributed by atoms with Gasteiger partial charge in [0.2, 0.25) is 0 Å². The molecule has 1 fully saturated rings. The van der Waals surface area contributed by atoms with Crippen molar-refractivity contribution in [1.82, 2.24) is 14.5 Å². The Hall–Kier alpha value is -1.66. The number of ether oxygens (including phenoxy) is 1. The first-order chi connectivity index (χ1) is 11.1. The minimum Gasteiger partial charge on any atom is -0.377 e. The molecule has 0 radical (unpaired) electrons. The third-order valence-corrected chi connectivity index (χ3v) is 4.94. The number of aryl methyl sites for hydroxylation is 1. The second-order valence-corrected chi connectivity index (χ2v) is 7.30. The molecule has 0 spiro atoms. The van der Waals surface area contributed by atoms with E-state index in [0.717, 1.165) is 17.1 Å².